The van der Waals surface area contributed by atoms with Crippen molar-refractivity contribution in [3.8, 4) is 0 Å². The SMILES string of the molecule is Cc1cccc(C[C@H](O)/C=C/[C@@H]2[C@H]3CC(CCNCCN(C)C)=C[C@H]3C[C@H]2O)c1. The normalized spacial score (nSPS) is 27.6. The minimum absolute atomic E-state index is 0.155. The summed E-state index contributed by atoms with van der Waals surface area (Å²) in [5.74, 6) is 1.14. The summed E-state index contributed by atoms with van der Waals surface area (Å²) >= 11 is 0. The molecule has 0 radical (unpaired) electrons. The van der Waals surface area contributed by atoms with Crippen molar-refractivity contribution in [3.63, 3.8) is 0 Å². The molecule has 4 heteroatoms. The molecule has 29 heavy (non-hydrogen) atoms. The minimum atomic E-state index is -0.502. The minimum Gasteiger partial charge on any atom is -0.392 e. The molecule has 1 fully saturated rings. The molecule has 0 amide bonds. The number of allylic oxidation sites excluding steroid dienone is 1. The van der Waals surface area contributed by atoms with E-state index in [1.807, 2.05) is 12.1 Å². The molecule has 2 aliphatic rings. The molecule has 0 saturated heterocycles. The van der Waals surface area contributed by atoms with Crippen LogP contribution < -0.4 is 5.32 Å². The quantitative estimate of drug-likeness (QED) is 0.419. The standard InChI is InChI=1S/C25H38N2O2/c1-18-5-4-6-19(13-18)15-22(28)7-8-23-24-16-20(14-21(24)17-25(23)29)9-10-26-11-12-27(2)3/h4-8,13-14,21-26,28-29H,9-12,15-17H2,1-3H3/b8-7+/t21-,22+,23+,24-,25+/m0/s1. The van der Waals surface area contributed by atoms with Gasteiger partial charge in [0.25, 0.3) is 0 Å². The van der Waals surface area contributed by atoms with Crippen LogP contribution in [0.5, 0.6) is 0 Å². The maximum Gasteiger partial charge on any atom is 0.0761 e. The molecule has 1 saturated carbocycles. The van der Waals surface area contributed by atoms with Crippen LogP contribution >= 0.6 is 0 Å². The van der Waals surface area contributed by atoms with E-state index in [2.05, 4.69) is 61.6 Å². The first-order valence-electron chi connectivity index (χ1n) is 11.1. The lowest BCUT2D eigenvalue weighted by atomic mass is 9.88. The molecule has 1 aromatic rings. The van der Waals surface area contributed by atoms with E-state index in [0.29, 0.717) is 18.3 Å². The van der Waals surface area contributed by atoms with Gasteiger partial charge in [0.2, 0.25) is 0 Å². The van der Waals surface area contributed by atoms with Gasteiger partial charge in [0, 0.05) is 25.4 Å². The van der Waals surface area contributed by atoms with Crippen molar-refractivity contribution in [1.82, 2.24) is 10.2 Å². The smallest absolute Gasteiger partial charge is 0.0761 e. The Kier molecular flexibility index (Phi) is 8.07. The predicted molar refractivity (Wildman–Crippen MR) is 120 cm³/mol. The summed E-state index contributed by atoms with van der Waals surface area (Å²) < 4.78 is 0. The molecule has 0 aliphatic heterocycles. The summed E-state index contributed by atoms with van der Waals surface area (Å²) in [6, 6.07) is 8.29. The molecule has 0 unspecified atom stereocenters. The maximum absolute atomic E-state index is 10.5. The van der Waals surface area contributed by atoms with Crippen molar-refractivity contribution in [3.05, 3.63) is 59.2 Å². The first-order chi connectivity index (χ1) is 13.9. The van der Waals surface area contributed by atoms with E-state index in [1.54, 1.807) is 0 Å². The lowest BCUT2D eigenvalue weighted by Crippen LogP contribution is -2.27. The van der Waals surface area contributed by atoms with Crippen LogP contribution in [-0.2, 0) is 6.42 Å². The zero-order chi connectivity index (χ0) is 20.8. The molecule has 0 aromatic heterocycles. The van der Waals surface area contributed by atoms with Crippen molar-refractivity contribution in [2.75, 3.05) is 33.7 Å². The monoisotopic (exact) mass is 398 g/mol. The van der Waals surface area contributed by atoms with Gasteiger partial charge in [0.05, 0.1) is 12.2 Å². The van der Waals surface area contributed by atoms with Crippen molar-refractivity contribution >= 4 is 0 Å². The van der Waals surface area contributed by atoms with Gasteiger partial charge in [-0.25, -0.2) is 0 Å². The number of hydrogen-bond donors (Lipinski definition) is 3. The molecule has 0 spiro atoms. The third-order valence-electron chi connectivity index (χ3n) is 6.39. The maximum atomic E-state index is 10.5. The van der Waals surface area contributed by atoms with Crippen molar-refractivity contribution in [1.29, 1.82) is 0 Å². The number of aryl methyl sites for hydroxylation is 1. The highest BCUT2D eigenvalue weighted by molar-refractivity contribution is 5.24. The van der Waals surface area contributed by atoms with Crippen molar-refractivity contribution in [2.24, 2.45) is 17.8 Å². The van der Waals surface area contributed by atoms with Crippen LogP contribution in [0.2, 0.25) is 0 Å². The number of aliphatic hydroxyl groups excluding tert-OH is 2. The molecule has 3 rings (SSSR count). The molecule has 0 heterocycles. The fourth-order valence-corrected chi connectivity index (χ4v) is 4.87. The molecule has 3 N–H and O–H groups in total. The molecule has 4 nitrogen and oxygen atoms in total. The lowest BCUT2D eigenvalue weighted by molar-refractivity contribution is 0.140. The third kappa shape index (κ3) is 6.51. The number of rotatable bonds is 10. The number of aliphatic hydroxyl groups is 2. The third-order valence-corrected chi connectivity index (χ3v) is 6.39. The van der Waals surface area contributed by atoms with Crippen LogP contribution in [0.15, 0.2) is 48.1 Å². The van der Waals surface area contributed by atoms with E-state index >= 15 is 0 Å². The second-order valence-electron chi connectivity index (χ2n) is 9.19. The van der Waals surface area contributed by atoms with E-state index in [1.165, 1.54) is 11.1 Å². The number of nitrogens with zero attached hydrogens (tertiary/aromatic N) is 1. The van der Waals surface area contributed by atoms with Crippen LogP contribution in [0.3, 0.4) is 0 Å². The second-order valence-corrected chi connectivity index (χ2v) is 9.19. The molecular weight excluding hydrogens is 360 g/mol. The Labute approximate surface area is 176 Å². The summed E-state index contributed by atoms with van der Waals surface area (Å²) in [5.41, 5.74) is 3.90. The van der Waals surface area contributed by atoms with Crippen LogP contribution in [0.4, 0.5) is 0 Å². The van der Waals surface area contributed by atoms with E-state index in [4.69, 9.17) is 0 Å². The van der Waals surface area contributed by atoms with E-state index in [0.717, 1.165) is 44.5 Å². The summed E-state index contributed by atoms with van der Waals surface area (Å²) in [5, 5.41) is 24.5. The first-order valence-corrected chi connectivity index (χ1v) is 11.1. The Morgan fingerprint density at radius 2 is 2.10 bits per heavy atom. The first kappa shape index (κ1) is 22.2. The Bertz CT molecular complexity index is 713. The zero-order valence-electron chi connectivity index (χ0n) is 18.2. The van der Waals surface area contributed by atoms with E-state index < -0.39 is 6.10 Å². The average molecular weight is 399 g/mol. The summed E-state index contributed by atoms with van der Waals surface area (Å²) in [6.07, 6.45) is 9.27. The predicted octanol–water partition coefficient (Wildman–Crippen LogP) is 2.94. The van der Waals surface area contributed by atoms with Gasteiger partial charge in [-0.1, -0.05) is 53.6 Å². The fourth-order valence-electron chi connectivity index (χ4n) is 4.87. The van der Waals surface area contributed by atoms with Gasteiger partial charge in [-0.2, -0.15) is 0 Å². The summed E-state index contributed by atoms with van der Waals surface area (Å²) in [6.45, 7) is 5.19. The number of hydrogen-bond acceptors (Lipinski definition) is 4. The summed E-state index contributed by atoms with van der Waals surface area (Å²) in [7, 11) is 4.19. The van der Waals surface area contributed by atoms with Gasteiger partial charge in [0.1, 0.15) is 0 Å². The van der Waals surface area contributed by atoms with Gasteiger partial charge < -0.3 is 20.4 Å². The molecular formula is C25H38N2O2. The van der Waals surface area contributed by atoms with Gasteiger partial charge in [-0.3, -0.25) is 0 Å². The highest BCUT2D eigenvalue weighted by atomic mass is 16.3. The number of fused-ring (bicyclic) bond motifs is 1. The van der Waals surface area contributed by atoms with Gasteiger partial charge in [0.15, 0.2) is 0 Å². The van der Waals surface area contributed by atoms with Gasteiger partial charge in [-0.05, 0) is 64.2 Å². The summed E-state index contributed by atoms with van der Waals surface area (Å²) in [4.78, 5) is 2.19. The number of nitrogens with one attached hydrogen (secondary N) is 1. The van der Waals surface area contributed by atoms with Crippen LogP contribution in [0, 0.1) is 24.7 Å². The molecule has 5 atom stereocenters. The number of benzene rings is 1. The molecule has 1 aromatic carbocycles. The van der Waals surface area contributed by atoms with Gasteiger partial charge in [-0.15, -0.1) is 0 Å². The van der Waals surface area contributed by atoms with Crippen molar-refractivity contribution < 1.29 is 10.2 Å². The average Bonchev–Trinajstić information content (AvgIpc) is 3.16. The topological polar surface area (TPSA) is 55.7 Å². The fraction of sp³-hybridized carbons (Fsp3) is 0.600. The molecule has 160 valence electrons. The van der Waals surface area contributed by atoms with Crippen molar-refractivity contribution in [2.45, 2.75) is 44.8 Å². The Balaban J connectivity index is 1.47. The Hall–Kier alpha value is -1.46. The molecule has 0 bridgehead atoms. The van der Waals surface area contributed by atoms with E-state index in [9.17, 15) is 10.2 Å². The second kappa shape index (κ2) is 10.5. The highest BCUT2D eigenvalue weighted by Gasteiger charge is 2.43. The van der Waals surface area contributed by atoms with Crippen LogP contribution in [-0.4, -0.2) is 61.1 Å². The Morgan fingerprint density at radius 1 is 1.28 bits per heavy atom. The van der Waals surface area contributed by atoms with Crippen LogP contribution in [0.25, 0.3) is 0 Å². The van der Waals surface area contributed by atoms with Crippen LogP contribution in [0.1, 0.15) is 30.4 Å². The lowest BCUT2D eigenvalue weighted by Gasteiger charge is -2.19. The number of likely N-dealkylation sites (N-methyl/N-ethyl adjacent to an activating group) is 1. The molecule has 2 aliphatic carbocycles. The zero-order valence-corrected chi connectivity index (χ0v) is 18.2. The Morgan fingerprint density at radius 3 is 2.86 bits per heavy atom. The largest absolute Gasteiger partial charge is 0.392 e. The highest BCUT2D eigenvalue weighted by Crippen LogP contribution is 2.47. The van der Waals surface area contributed by atoms with Gasteiger partial charge >= 0.3 is 0 Å². The van der Waals surface area contributed by atoms with E-state index in [-0.39, 0.29) is 12.0 Å².